The van der Waals surface area contributed by atoms with Crippen molar-refractivity contribution in [2.45, 2.75) is 0 Å². The maximum absolute atomic E-state index is 4.76. The Kier molecular flexibility index (Phi) is 33.7. The van der Waals surface area contributed by atoms with Gasteiger partial charge in [-0.25, -0.2) is 0 Å². The van der Waals surface area contributed by atoms with Crippen LogP contribution in [-0.4, -0.2) is 5.34 Å². The molecule has 5 heavy (non-hydrogen) atoms. The van der Waals surface area contributed by atoms with Gasteiger partial charge in [-0.1, -0.05) is 0 Å². The number of hydrogen-bond donors (Lipinski definition) is 0. The van der Waals surface area contributed by atoms with Crippen molar-refractivity contribution in [2.75, 3.05) is 5.34 Å². The molecule has 0 aromatic rings. The van der Waals surface area contributed by atoms with Crippen molar-refractivity contribution >= 4 is 43.0 Å². The van der Waals surface area contributed by atoms with Crippen LogP contribution in [0.15, 0.2) is 0 Å². The third kappa shape index (κ3) is 24.6. The van der Waals surface area contributed by atoms with E-state index in [0.717, 1.165) is 0 Å². The van der Waals surface area contributed by atoms with Gasteiger partial charge in [0.05, 0.1) is 5.34 Å². The minimum atomic E-state index is 0.194. The van der Waals surface area contributed by atoms with Crippen LogP contribution in [-0.2, 0) is 14.8 Å². The predicted molar refractivity (Wildman–Crippen MR) is 30.6 cm³/mol. The summed E-state index contributed by atoms with van der Waals surface area (Å²) < 4.78 is 0. The van der Waals surface area contributed by atoms with Crippen LogP contribution in [0.2, 0.25) is 0 Å². The molecular formula is CH2Cl2IZn. The van der Waals surface area contributed by atoms with Crippen molar-refractivity contribution in [1.82, 2.24) is 0 Å². The van der Waals surface area contributed by atoms with Gasteiger partial charge in [0.25, 0.3) is 0 Å². The van der Waals surface area contributed by atoms with E-state index in [-0.39, 0.29) is 5.34 Å². The molecule has 0 aromatic carbocycles. The van der Waals surface area contributed by atoms with E-state index in [1.807, 2.05) is 0 Å². The Bertz CT molecular complexity index is 9.61. The molecule has 0 aliphatic heterocycles. The van der Waals surface area contributed by atoms with Gasteiger partial charge in [0.1, 0.15) is 0 Å². The second-order valence-corrected chi connectivity index (χ2v) is 0.909. The summed E-state index contributed by atoms with van der Waals surface area (Å²) in [5.74, 6) is 0. The first-order valence-corrected chi connectivity index (χ1v) is 10.9. The van der Waals surface area contributed by atoms with Crippen molar-refractivity contribution in [2.24, 2.45) is 0 Å². The van der Waals surface area contributed by atoms with E-state index < -0.39 is 0 Å². The van der Waals surface area contributed by atoms with Crippen molar-refractivity contribution in [3.8, 4) is 0 Å². The molecule has 0 atom stereocenters. The quantitative estimate of drug-likeness (QED) is 0.362. The van der Waals surface area contributed by atoms with Crippen molar-refractivity contribution in [3.05, 3.63) is 0 Å². The van der Waals surface area contributed by atoms with E-state index in [1.54, 1.807) is 0 Å². The van der Waals surface area contributed by atoms with Gasteiger partial charge in [0.2, 0.25) is 0 Å². The fourth-order valence-corrected chi connectivity index (χ4v) is 0. The summed E-state index contributed by atoms with van der Waals surface area (Å²) in [6.45, 7) is 0. The average Bonchev–Trinajstić information content (AvgIpc) is 1.46. The van der Waals surface area contributed by atoms with Crippen molar-refractivity contribution < 1.29 is 14.8 Å². The van der Waals surface area contributed by atoms with Gasteiger partial charge in [-0.2, -0.15) is 0 Å². The Labute approximate surface area is 62.5 Å². The molecule has 0 heterocycles. The van der Waals surface area contributed by atoms with Gasteiger partial charge in [0.15, 0.2) is 0 Å². The van der Waals surface area contributed by atoms with Crippen LogP contribution >= 0.6 is 43.0 Å². The first-order valence-electron chi connectivity index (χ1n) is 0.802. The van der Waals surface area contributed by atoms with Crippen molar-refractivity contribution in [1.29, 1.82) is 0 Å². The molecular weight excluding hydrogens is 275 g/mol. The molecule has 0 unspecified atom stereocenters. The third-order valence-corrected chi connectivity index (χ3v) is 0. The van der Waals surface area contributed by atoms with Gasteiger partial charge in [-0.3, -0.25) is 0 Å². The first kappa shape index (κ1) is 10.0. The van der Waals surface area contributed by atoms with E-state index in [1.165, 1.54) is 14.8 Å². The second-order valence-electron chi connectivity index (χ2n) is 0.101. The molecule has 29 valence electrons. The van der Waals surface area contributed by atoms with Gasteiger partial charge in [0, 0.05) is 0 Å². The van der Waals surface area contributed by atoms with Crippen LogP contribution in [0.3, 0.4) is 0 Å². The molecule has 0 aliphatic carbocycles. The van der Waals surface area contributed by atoms with Gasteiger partial charge >= 0.3 is 34.5 Å². The van der Waals surface area contributed by atoms with Crippen molar-refractivity contribution in [3.63, 3.8) is 0 Å². The van der Waals surface area contributed by atoms with E-state index >= 15 is 0 Å². The van der Waals surface area contributed by atoms with E-state index in [0.29, 0.717) is 0 Å². The number of hydrogen-bond acceptors (Lipinski definition) is 0. The summed E-state index contributed by atoms with van der Waals surface area (Å²) in [6.07, 6.45) is 0. The predicted octanol–water partition coefficient (Wildman–Crippen LogP) is 2.30. The topological polar surface area (TPSA) is 0 Å². The summed E-state index contributed by atoms with van der Waals surface area (Å²) >= 11 is 13.1. The standard InChI is InChI=1S/CH2Cl2.HI.Zn/c2-1-3;;/h1H2;1H;/q;;+1/p-1. The van der Waals surface area contributed by atoms with Gasteiger partial charge < -0.3 is 0 Å². The van der Waals surface area contributed by atoms with E-state index in [4.69, 9.17) is 23.2 Å². The first-order chi connectivity index (χ1) is 2.41. The van der Waals surface area contributed by atoms with Gasteiger partial charge in [-0.05, 0) is 0 Å². The average molecular weight is 277 g/mol. The zero-order valence-electron chi connectivity index (χ0n) is 2.55. The number of alkyl halides is 2. The van der Waals surface area contributed by atoms with Crippen LogP contribution in [0.4, 0.5) is 0 Å². The molecule has 0 aliphatic rings. The van der Waals surface area contributed by atoms with Crippen LogP contribution in [0, 0.1) is 0 Å². The molecule has 0 fully saturated rings. The van der Waals surface area contributed by atoms with E-state index in [9.17, 15) is 0 Å². The molecule has 0 aromatic heterocycles. The second kappa shape index (κ2) is 16.8. The fraction of sp³-hybridized carbons (Fsp3) is 1.00. The molecule has 0 rings (SSSR count). The summed E-state index contributed by atoms with van der Waals surface area (Å²) in [4.78, 5) is 0. The number of rotatable bonds is 0. The molecule has 0 saturated carbocycles. The summed E-state index contributed by atoms with van der Waals surface area (Å²) in [6, 6.07) is 0. The molecule has 0 N–H and O–H groups in total. The molecule has 4 heteroatoms. The van der Waals surface area contributed by atoms with Crippen LogP contribution < -0.4 is 0 Å². The Balaban J connectivity index is 0. The molecule has 0 bridgehead atoms. The summed E-state index contributed by atoms with van der Waals surface area (Å²) in [5, 5.41) is 0.194. The Morgan fingerprint density at radius 3 is 1.40 bits per heavy atom. The summed E-state index contributed by atoms with van der Waals surface area (Å²) in [5.41, 5.74) is 0. The normalized spacial score (nSPS) is 5.00. The molecule has 0 amide bonds. The molecule has 0 saturated heterocycles. The maximum atomic E-state index is 4.76. The molecule has 0 nitrogen and oxygen atoms in total. The van der Waals surface area contributed by atoms with Crippen LogP contribution in [0.1, 0.15) is 0 Å². The van der Waals surface area contributed by atoms with Crippen LogP contribution in [0.5, 0.6) is 0 Å². The fourth-order valence-electron chi connectivity index (χ4n) is 0. The zero-order valence-corrected chi connectivity index (χ0v) is 9.18. The minimum absolute atomic E-state index is 0.194. The Hall–Kier alpha value is 1.93. The number of halogens is 3. The third-order valence-electron chi connectivity index (χ3n) is 0. The SMILES string of the molecule is ClCCl.[Zn][I]. The summed E-state index contributed by atoms with van der Waals surface area (Å²) in [7, 11) is 0. The van der Waals surface area contributed by atoms with Gasteiger partial charge in [-0.15, -0.1) is 23.2 Å². The Morgan fingerprint density at radius 1 is 1.40 bits per heavy atom. The molecule has 0 spiro atoms. The van der Waals surface area contributed by atoms with E-state index in [2.05, 4.69) is 19.8 Å². The monoisotopic (exact) mass is 275 g/mol. The Morgan fingerprint density at radius 2 is 1.40 bits per heavy atom. The van der Waals surface area contributed by atoms with Crippen LogP contribution in [0.25, 0.3) is 0 Å². The molecule has 0 radical (unpaired) electrons. The zero-order chi connectivity index (χ0) is 4.71.